The van der Waals surface area contributed by atoms with Gasteiger partial charge in [-0.25, -0.2) is 0 Å². The molecule has 1 aliphatic rings. The Hall–Kier alpha value is -1.75. The Morgan fingerprint density at radius 1 is 1.28 bits per heavy atom. The van der Waals surface area contributed by atoms with Crippen molar-refractivity contribution in [3.05, 3.63) is 18.2 Å². The van der Waals surface area contributed by atoms with Gasteiger partial charge in [0.1, 0.15) is 5.52 Å². The lowest BCUT2D eigenvalue weighted by molar-refractivity contribution is -0.00662. The van der Waals surface area contributed by atoms with Crippen molar-refractivity contribution < 1.29 is 9.15 Å². The van der Waals surface area contributed by atoms with Crippen LogP contribution in [0.15, 0.2) is 22.6 Å². The fourth-order valence-electron chi connectivity index (χ4n) is 2.43. The first-order chi connectivity index (χ1) is 8.63. The Kier molecular flexibility index (Phi) is 2.63. The van der Waals surface area contributed by atoms with Crippen LogP contribution in [-0.2, 0) is 4.74 Å². The van der Waals surface area contributed by atoms with Crippen LogP contribution in [0.4, 0.5) is 11.7 Å². The van der Waals surface area contributed by atoms with Crippen LogP contribution in [-0.4, -0.2) is 30.3 Å². The maximum atomic E-state index is 5.89. The summed E-state index contributed by atoms with van der Waals surface area (Å²) in [6, 6.07) is 6.22. The van der Waals surface area contributed by atoms with Crippen LogP contribution >= 0.6 is 0 Å². The zero-order valence-electron chi connectivity index (χ0n) is 10.6. The highest BCUT2D eigenvalue weighted by molar-refractivity contribution is 5.86. The van der Waals surface area contributed by atoms with Gasteiger partial charge in [-0.1, -0.05) is 6.07 Å². The van der Waals surface area contributed by atoms with Crippen molar-refractivity contribution in [3.8, 4) is 0 Å². The molecule has 1 aromatic heterocycles. The average molecular weight is 247 g/mol. The van der Waals surface area contributed by atoms with Gasteiger partial charge in [0.25, 0.3) is 6.01 Å². The highest BCUT2D eigenvalue weighted by Gasteiger charge is 2.25. The van der Waals surface area contributed by atoms with E-state index in [9.17, 15) is 0 Å². The molecule has 0 bridgehead atoms. The molecule has 3 rings (SSSR count). The number of hydrogen-bond donors (Lipinski definition) is 1. The molecule has 96 valence electrons. The molecular weight excluding hydrogens is 230 g/mol. The van der Waals surface area contributed by atoms with Gasteiger partial charge in [0.2, 0.25) is 0 Å². The molecule has 0 spiro atoms. The first-order valence-electron chi connectivity index (χ1n) is 6.19. The topological polar surface area (TPSA) is 64.5 Å². The predicted molar refractivity (Wildman–Crippen MR) is 70.6 cm³/mol. The highest BCUT2D eigenvalue weighted by atomic mass is 16.5. The van der Waals surface area contributed by atoms with E-state index in [4.69, 9.17) is 14.9 Å². The largest absolute Gasteiger partial charge is 0.423 e. The number of morpholine rings is 1. The van der Waals surface area contributed by atoms with Crippen molar-refractivity contribution in [3.63, 3.8) is 0 Å². The maximum absolute atomic E-state index is 5.89. The minimum Gasteiger partial charge on any atom is -0.423 e. The lowest BCUT2D eigenvalue weighted by atomic mass is 10.2. The molecule has 2 N–H and O–H groups in total. The van der Waals surface area contributed by atoms with Gasteiger partial charge in [0.15, 0.2) is 5.58 Å². The Balaban J connectivity index is 1.96. The van der Waals surface area contributed by atoms with Crippen molar-refractivity contribution in [2.24, 2.45) is 0 Å². The second-order valence-corrected chi connectivity index (χ2v) is 4.85. The van der Waals surface area contributed by atoms with E-state index >= 15 is 0 Å². The fourth-order valence-corrected chi connectivity index (χ4v) is 2.43. The fraction of sp³-hybridized carbons (Fsp3) is 0.462. The Morgan fingerprint density at radius 3 is 2.67 bits per heavy atom. The summed E-state index contributed by atoms with van der Waals surface area (Å²) >= 11 is 0. The van der Waals surface area contributed by atoms with Gasteiger partial charge in [0.05, 0.1) is 17.9 Å². The van der Waals surface area contributed by atoms with E-state index in [0.717, 1.165) is 24.2 Å². The number of oxazole rings is 1. The van der Waals surface area contributed by atoms with Gasteiger partial charge in [-0.3, -0.25) is 0 Å². The average Bonchev–Trinajstić information content (AvgIpc) is 2.73. The summed E-state index contributed by atoms with van der Waals surface area (Å²) in [6.07, 6.45) is 0.363. The van der Waals surface area contributed by atoms with Crippen molar-refractivity contribution in [1.82, 2.24) is 4.98 Å². The van der Waals surface area contributed by atoms with E-state index in [1.165, 1.54) is 0 Å². The summed E-state index contributed by atoms with van der Waals surface area (Å²) in [4.78, 5) is 6.59. The molecule has 18 heavy (non-hydrogen) atoms. The number of benzene rings is 1. The molecule has 0 saturated carbocycles. The molecule has 2 atom stereocenters. The Bertz CT molecular complexity index is 556. The molecule has 1 aromatic carbocycles. The number of nitrogen functional groups attached to an aromatic ring is 1. The monoisotopic (exact) mass is 247 g/mol. The van der Waals surface area contributed by atoms with Gasteiger partial charge >= 0.3 is 0 Å². The maximum Gasteiger partial charge on any atom is 0.298 e. The van der Waals surface area contributed by atoms with E-state index in [1.54, 1.807) is 0 Å². The van der Waals surface area contributed by atoms with Crippen molar-refractivity contribution in [1.29, 1.82) is 0 Å². The number of hydrogen-bond acceptors (Lipinski definition) is 5. The SMILES string of the molecule is C[C@@H]1CN(c2nc3c(N)cccc3o2)C[C@H](C)O1. The third kappa shape index (κ3) is 1.90. The molecule has 1 saturated heterocycles. The van der Waals surface area contributed by atoms with Gasteiger partial charge in [0, 0.05) is 13.1 Å². The molecular formula is C13H17N3O2. The Labute approximate surface area is 106 Å². The van der Waals surface area contributed by atoms with Crippen LogP contribution in [0.2, 0.25) is 0 Å². The number of ether oxygens (including phenoxy) is 1. The van der Waals surface area contributed by atoms with Crippen LogP contribution < -0.4 is 10.6 Å². The van der Waals surface area contributed by atoms with Crippen LogP contribution in [0.5, 0.6) is 0 Å². The molecule has 5 heteroatoms. The van der Waals surface area contributed by atoms with Gasteiger partial charge in [-0.05, 0) is 26.0 Å². The number of aromatic nitrogens is 1. The summed E-state index contributed by atoms with van der Waals surface area (Å²) in [5, 5.41) is 0. The number of fused-ring (bicyclic) bond motifs is 1. The normalized spacial score (nSPS) is 24.7. The lowest BCUT2D eigenvalue weighted by Crippen LogP contribution is -2.45. The van der Waals surface area contributed by atoms with Gasteiger partial charge < -0.3 is 19.8 Å². The third-order valence-corrected chi connectivity index (χ3v) is 3.13. The van der Waals surface area contributed by atoms with E-state index < -0.39 is 0 Å². The summed E-state index contributed by atoms with van der Waals surface area (Å²) in [5.74, 6) is 0. The molecule has 2 heterocycles. The molecule has 5 nitrogen and oxygen atoms in total. The molecule has 0 amide bonds. The molecule has 0 unspecified atom stereocenters. The Morgan fingerprint density at radius 2 is 2.00 bits per heavy atom. The lowest BCUT2D eigenvalue weighted by Gasteiger charge is -2.34. The zero-order valence-corrected chi connectivity index (χ0v) is 10.6. The van der Waals surface area contributed by atoms with Crippen LogP contribution in [0.1, 0.15) is 13.8 Å². The van der Waals surface area contributed by atoms with E-state index in [-0.39, 0.29) is 12.2 Å². The van der Waals surface area contributed by atoms with E-state index in [1.807, 2.05) is 18.2 Å². The minimum absolute atomic E-state index is 0.182. The van der Waals surface area contributed by atoms with Crippen molar-refractivity contribution in [2.45, 2.75) is 26.1 Å². The second-order valence-electron chi connectivity index (χ2n) is 4.85. The van der Waals surface area contributed by atoms with Crippen LogP contribution in [0, 0.1) is 0 Å². The molecule has 0 radical (unpaired) electrons. The molecule has 1 aliphatic heterocycles. The minimum atomic E-state index is 0.182. The molecule has 0 aliphatic carbocycles. The van der Waals surface area contributed by atoms with E-state index in [0.29, 0.717) is 11.7 Å². The summed E-state index contributed by atoms with van der Waals surface area (Å²) in [5.41, 5.74) is 8.01. The summed E-state index contributed by atoms with van der Waals surface area (Å²) in [6.45, 7) is 5.69. The summed E-state index contributed by atoms with van der Waals surface area (Å²) < 4.78 is 11.5. The zero-order chi connectivity index (χ0) is 12.7. The van der Waals surface area contributed by atoms with Crippen LogP contribution in [0.3, 0.4) is 0 Å². The molecule has 1 fully saturated rings. The molecule has 2 aromatic rings. The van der Waals surface area contributed by atoms with E-state index in [2.05, 4.69) is 23.7 Å². The number of anilines is 2. The van der Waals surface area contributed by atoms with Gasteiger partial charge in [-0.2, -0.15) is 4.98 Å². The number of rotatable bonds is 1. The summed E-state index contributed by atoms with van der Waals surface area (Å²) in [7, 11) is 0. The first-order valence-corrected chi connectivity index (χ1v) is 6.19. The standard InChI is InChI=1S/C13H17N3O2/c1-8-6-16(7-9(2)17-8)13-15-12-10(14)4-3-5-11(12)18-13/h3-5,8-9H,6-7,14H2,1-2H3/t8-,9+. The second kappa shape index (κ2) is 4.17. The predicted octanol–water partition coefficient (Wildman–Crippen LogP) is 2.02. The van der Waals surface area contributed by atoms with Gasteiger partial charge in [-0.15, -0.1) is 0 Å². The number of nitrogens with zero attached hydrogens (tertiary/aromatic N) is 2. The highest BCUT2D eigenvalue weighted by Crippen LogP contribution is 2.27. The quantitative estimate of drug-likeness (QED) is 0.781. The number of nitrogens with two attached hydrogens (primary N) is 1. The van der Waals surface area contributed by atoms with Crippen LogP contribution in [0.25, 0.3) is 11.1 Å². The smallest absolute Gasteiger partial charge is 0.298 e. The first kappa shape index (κ1) is 11.3. The van der Waals surface area contributed by atoms with Crippen molar-refractivity contribution in [2.75, 3.05) is 23.7 Å². The third-order valence-electron chi connectivity index (χ3n) is 3.13. The van der Waals surface area contributed by atoms with Crippen molar-refractivity contribution >= 4 is 22.8 Å². The number of para-hydroxylation sites is 1.